The Morgan fingerprint density at radius 3 is 2.33 bits per heavy atom. The number of rotatable bonds is 3. The lowest BCUT2D eigenvalue weighted by Crippen LogP contribution is -2.50. The number of aromatic hydroxyl groups is 1. The summed E-state index contributed by atoms with van der Waals surface area (Å²) in [6.07, 6.45) is 1.16. The van der Waals surface area contributed by atoms with E-state index >= 15 is 0 Å². The molecule has 0 radical (unpaired) electrons. The SMILES string of the molecule is COc1ccc(C(=O)N2CCN(S(C)(=O)=O)CC2)cc1O. The summed E-state index contributed by atoms with van der Waals surface area (Å²) in [6, 6.07) is 4.45. The Labute approximate surface area is 123 Å². The minimum atomic E-state index is -3.22. The topological polar surface area (TPSA) is 87.2 Å². The van der Waals surface area contributed by atoms with Crippen LogP contribution in [0.4, 0.5) is 0 Å². The Balaban J connectivity index is 2.07. The predicted octanol–water partition coefficient (Wildman–Crippen LogP) is 0.118. The number of hydrogen-bond donors (Lipinski definition) is 1. The number of piperazine rings is 1. The van der Waals surface area contributed by atoms with Crippen LogP contribution in [0, 0.1) is 0 Å². The molecule has 1 aromatic carbocycles. The normalized spacial score (nSPS) is 16.8. The smallest absolute Gasteiger partial charge is 0.254 e. The number of amides is 1. The molecule has 0 spiro atoms. The van der Waals surface area contributed by atoms with Gasteiger partial charge in [0, 0.05) is 31.7 Å². The monoisotopic (exact) mass is 314 g/mol. The first kappa shape index (κ1) is 15.6. The molecule has 0 aromatic heterocycles. The lowest BCUT2D eigenvalue weighted by molar-refractivity contribution is 0.0698. The van der Waals surface area contributed by atoms with Gasteiger partial charge in [-0.3, -0.25) is 4.79 Å². The summed E-state index contributed by atoms with van der Waals surface area (Å²) < 4.78 is 29.1. The molecule has 8 heteroatoms. The van der Waals surface area contributed by atoms with Crippen molar-refractivity contribution in [1.82, 2.24) is 9.21 Å². The third-order valence-electron chi connectivity index (χ3n) is 3.42. The number of phenolic OH excluding ortho intramolecular Hbond substituents is 1. The van der Waals surface area contributed by atoms with E-state index in [4.69, 9.17) is 4.74 Å². The molecule has 1 amide bonds. The second-order valence-corrected chi connectivity index (χ2v) is 6.82. The molecule has 7 nitrogen and oxygen atoms in total. The molecule has 2 rings (SSSR count). The van der Waals surface area contributed by atoms with Crippen molar-refractivity contribution in [2.24, 2.45) is 0 Å². The van der Waals surface area contributed by atoms with Crippen LogP contribution in [0.15, 0.2) is 18.2 Å². The highest BCUT2D eigenvalue weighted by Gasteiger charge is 2.26. The van der Waals surface area contributed by atoms with Crippen molar-refractivity contribution >= 4 is 15.9 Å². The molecule has 1 aliphatic heterocycles. The quantitative estimate of drug-likeness (QED) is 0.856. The zero-order valence-corrected chi connectivity index (χ0v) is 12.8. The summed E-state index contributed by atoms with van der Waals surface area (Å²) in [4.78, 5) is 13.9. The van der Waals surface area contributed by atoms with Crippen LogP contribution in [0.3, 0.4) is 0 Å². The molecule has 0 bridgehead atoms. The molecule has 21 heavy (non-hydrogen) atoms. The van der Waals surface area contributed by atoms with Crippen molar-refractivity contribution in [3.05, 3.63) is 23.8 Å². The number of methoxy groups -OCH3 is 1. The van der Waals surface area contributed by atoms with E-state index in [0.717, 1.165) is 6.26 Å². The Kier molecular flexibility index (Phi) is 4.38. The number of nitrogens with zero attached hydrogens (tertiary/aromatic N) is 2. The molecule has 116 valence electrons. The molecule has 1 aromatic rings. The van der Waals surface area contributed by atoms with E-state index in [1.54, 1.807) is 11.0 Å². The maximum Gasteiger partial charge on any atom is 0.254 e. The minimum Gasteiger partial charge on any atom is -0.504 e. The van der Waals surface area contributed by atoms with Gasteiger partial charge < -0.3 is 14.7 Å². The molecule has 1 N–H and O–H groups in total. The van der Waals surface area contributed by atoms with Crippen molar-refractivity contribution in [1.29, 1.82) is 0 Å². The second kappa shape index (κ2) is 5.90. The number of carbonyl (C=O) groups excluding carboxylic acids is 1. The highest BCUT2D eigenvalue weighted by Crippen LogP contribution is 2.27. The van der Waals surface area contributed by atoms with Gasteiger partial charge >= 0.3 is 0 Å². The third-order valence-corrected chi connectivity index (χ3v) is 4.72. The Morgan fingerprint density at radius 1 is 1.24 bits per heavy atom. The molecule has 1 saturated heterocycles. The van der Waals surface area contributed by atoms with Crippen LogP contribution < -0.4 is 4.74 Å². The van der Waals surface area contributed by atoms with Crippen molar-refractivity contribution in [2.75, 3.05) is 39.5 Å². The van der Waals surface area contributed by atoms with Gasteiger partial charge in [-0.15, -0.1) is 0 Å². The summed E-state index contributed by atoms with van der Waals surface area (Å²) in [5, 5.41) is 9.70. The average Bonchev–Trinajstić information content (AvgIpc) is 2.45. The molecule has 0 saturated carbocycles. The summed E-state index contributed by atoms with van der Waals surface area (Å²) >= 11 is 0. The molecular weight excluding hydrogens is 296 g/mol. The molecule has 0 aliphatic carbocycles. The number of benzene rings is 1. The number of carbonyl (C=O) groups is 1. The van der Waals surface area contributed by atoms with Gasteiger partial charge in [0.05, 0.1) is 13.4 Å². The summed E-state index contributed by atoms with van der Waals surface area (Å²) in [5.74, 6) is -0.0346. The van der Waals surface area contributed by atoms with Gasteiger partial charge in [0.25, 0.3) is 5.91 Å². The summed E-state index contributed by atoms with van der Waals surface area (Å²) in [7, 11) is -1.79. The zero-order chi connectivity index (χ0) is 15.6. The van der Waals surface area contributed by atoms with Gasteiger partial charge in [-0.1, -0.05) is 0 Å². The van der Waals surface area contributed by atoms with Crippen LogP contribution in [-0.4, -0.2) is 68.2 Å². The number of hydrogen-bond acceptors (Lipinski definition) is 5. The summed E-state index contributed by atoms with van der Waals surface area (Å²) in [5.41, 5.74) is 0.348. The van der Waals surface area contributed by atoms with Gasteiger partial charge in [-0.05, 0) is 18.2 Å². The lowest BCUT2D eigenvalue weighted by atomic mass is 10.1. The fourth-order valence-electron chi connectivity index (χ4n) is 2.23. The third kappa shape index (κ3) is 3.45. The molecular formula is C13H18N2O5S. The molecule has 0 unspecified atom stereocenters. The van der Waals surface area contributed by atoms with Crippen LogP contribution in [0.25, 0.3) is 0 Å². The van der Waals surface area contributed by atoms with E-state index in [1.165, 1.54) is 23.5 Å². The van der Waals surface area contributed by atoms with Crippen LogP contribution in [0.2, 0.25) is 0 Å². The van der Waals surface area contributed by atoms with Crippen molar-refractivity contribution in [2.45, 2.75) is 0 Å². The Hall–Kier alpha value is -1.80. The van der Waals surface area contributed by atoms with Gasteiger partial charge in [0.1, 0.15) is 0 Å². The second-order valence-electron chi connectivity index (χ2n) is 4.84. The van der Waals surface area contributed by atoms with E-state index < -0.39 is 10.0 Å². The highest BCUT2D eigenvalue weighted by atomic mass is 32.2. The van der Waals surface area contributed by atoms with Crippen LogP contribution >= 0.6 is 0 Å². The molecule has 1 fully saturated rings. The van der Waals surface area contributed by atoms with Gasteiger partial charge in [-0.2, -0.15) is 4.31 Å². The maximum absolute atomic E-state index is 12.3. The Bertz CT molecular complexity index is 636. The van der Waals surface area contributed by atoms with E-state index in [0.29, 0.717) is 24.4 Å². The first-order valence-corrected chi connectivity index (χ1v) is 8.29. The lowest BCUT2D eigenvalue weighted by Gasteiger charge is -2.33. The molecule has 1 aliphatic rings. The molecule has 0 atom stereocenters. The number of sulfonamides is 1. The number of ether oxygens (including phenoxy) is 1. The van der Waals surface area contributed by atoms with Crippen molar-refractivity contribution < 1.29 is 23.1 Å². The fourth-order valence-corrected chi connectivity index (χ4v) is 3.06. The van der Waals surface area contributed by atoms with E-state index in [1.807, 2.05) is 0 Å². The van der Waals surface area contributed by atoms with Crippen LogP contribution in [0.5, 0.6) is 11.5 Å². The van der Waals surface area contributed by atoms with Gasteiger partial charge in [-0.25, -0.2) is 8.42 Å². The summed E-state index contributed by atoms with van der Waals surface area (Å²) in [6.45, 7) is 1.23. The van der Waals surface area contributed by atoms with Crippen LogP contribution in [-0.2, 0) is 10.0 Å². The minimum absolute atomic E-state index is 0.0990. The first-order valence-electron chi connectivity index (χ1n) is 6.44. The fraction of sp³-hybridized carbons (Fsp3) is 0.462. The first-order chi connectivity index (χ1) is 9.82. The van der Waals surface area contributed by atoms with E-state index in [-0.39, 0.29) is 24.7 Å². The zero-order valence-electron chi connectivity index (χ0n) is 11.9. The largest absolute Gasteiger partial charge is 0.504 e. The standard InChI is InChI=1S/C13H18N2O5S/c1-20-12-4-3-10(9-11(12)16)13(17)14-5-7-15(8-6-14)21(2,18)19/h3-4,9,16H,5-8H2,1-2H3. The van der Waals surface area contributed by atoms with Gasteiger partial charge in [0.15, 0.2) is 11.5 Å². The van der Waals surface area contributed by atoms with Crippen LogP contribution in [0.1, 0.15) is 10.4 Å². The van der Waals surface area contributed by atoms with E-state index in [9.17, 15) is 18.3 Å². The predicted molar refractivity (Wildman–Crippen MR) is 77.0 cm³/mol. The Morgan fingerprint density at radius 2 is 1.86 bits per heavy atom. The van der Waals surface area contributed by atoms with Crippen molar-refractivity contribution in [3.63, 3.8) is 0 Å². The van der Waals surface area contributed by atoms with Gasteiger partial charge in [0.2, 0.25) is 10.0 Å². The maximum atomic E-state index is 12.3. The highest BCUT2D eigenvalue weighted by molar-refractivity contribution is 7.88. The molecule has 1 heterocycles. The van der Waals surface area contributed by atoms with Crippen molar-refractivity contribution in [3.8, 4) is 11.5 Å². The van der Waals surface area contributed by atoms with E-state index in [2.05, 4.69) is 0 Å². The average molecular weight is 314 g/mol. The number of phenols is 1.